The van der Waals surface area contributed by atoms with Crippen molar-refractivity contribution in [3.8, 4) is 0 Å². The minimum absolute atomic E-state index is 0.126. The van der Waals surface area contributed by atoms with Gasteiger partial charge < -0.3 is 10.2 Å². The van der Waals surface area contributed by atoms with E-state index in [1.165, 1.54) is 11.9 Å². The smallest absolute Gasteiger partial charge is 0.294 e. The highest BCUT2D eigenvalue weighted by atomic mass is 16.2. The average molecular weight is 326 g/mol. The number of carbonyl (C=O) groups is 3. The summed E-state index contributed by atoms with van der Waals surface area (Å²) < 4.78 is 0. The lowest BCUT2D eigenvalue weighted by atomic mass is 9.76. The van der Waals surface area contributed by atoms with E-state index in [1.807, 2.05) is 36.5 Å². The van der Waals surface area contributed by atoms with Crippen LogP contribution in [0.2, 0.25) is 0 Å². The number of imide groups is 1. The topological polar surface area (TPSA) is 74.3 Å². The van der Waals surface area contributed by atoms with E-state index in [1.54, 1.807) is 11.0 Å². The number of carbonyl (C=O) groups excluding carboxylic acids is 3. The number of anilines is 1. The van der Waals surface area contributed by atoms with Gasteiger partial charge in [-0.2, -0.15) is 0 Å². The van der Waals surface area contributed by atoms with Gasteiger partial charge in [0.25, 0.3) is 5.91 Å². The number of likely N-dealkylation sites (tertiary alicyclic amines) is 1. The zero-order valence-corrected chi connectivity index (χ0v) is 13.7. The van der Waals surface area contributed by atoms with E-state index in [0.717, 1.165) is 11.3 Å². The Labute approximate surface area is 140 Å². The van der Waals surface area contributed by atoms with Gasteiger partial charge in [-0.3, -0.25) is 19.3 Å². The van der Waals surface area contributed by atoms with E-state index < -0.39 is 17.4 Å². The van der Waals surface area contributed by atoms with Gasteiger partial charge >= 0.3 is 0 Å². The summed E-state index contributed by atoms with van der Waals surface area (Å²) in [5, 5.41) is 1.93. The first-order valence-corrected chi connectivity index (χ1v) is 8.15. The number of amides is 3. The maximum Gasteiger partial charge on any atom is 0.294 e. The SMILES string of the molecule is C=CCN1C(=O)[C@]2([NH2+][C@@H](C)[C@H]3C(=O)N(C)C(=O)[C@H]32)c2ccccc21. The monoisotopic (exact) mass is 326 g/mol. The first-order chi connectivity index (χ1) is 11.4. The molecule has 4 rings (SSSR count). The highest BCUT2D eigenvalue weighted by molar-refractivity contribution is 6.14. The third-order valence-corrected chi connectivity index (χ3v) is 5.71. The maximum atomic E-state index is 13.4. The molecule has 6 nitrogen and oxygen atoms in total. The molecule has 124 valence electrons. The first-order valence-electron chi connectivity index (χ1n) is 8.15. The van der Waals surface area contributed by atoms with E-state index in [9.17, 15) is 14.4 Å². The number of nitrogens with zero attached hydrogens (tertiary/aromatic N) is 2. The zero-order chi connectivity index (χ0) is 17.2. The van der Waals surface area contributed by atoms with Crippen LogP contribution in [-0.2, 0) is 19.9 Å². The summed E-state index contributed by atoms with van der Waals surface area (Å²) in [7, 11) is 1.51. The summed E-state index contributed by atoms with van der Waals surface area (Å²) in [5.74, 6) is -1.66. The predicted molar refractivity (Wildman–Crippen MR) is 86.8 cm³/mol. The molecule has 1 aromatic rings. The summed E-state index contributed by atoms with van der Waals surface area (Å²) in [6.45, 7) is 6.04. The van der Waals surface area contributed by atoms with Gasteiger partial charge in [-0.05, 0) is 13.0 Å². The summed E-state index contributed by atoms with van der Waals surface area (Å²) in [6, 6.07) is 7.42. The van der Waals surface area contributed by atoms with Crippen molar-refractivity contribution in [3.63, 3.8) is 0 Å². The normalized spacial score (nSPS) is 34.2. The number of hydrogen-bond acceptors (Lipinski definition) is 3. The number of fused-ring (bicyclic) bond motifs is 4. The van der Waals surface area contributed by atoms with Crippen LogP contribution in [0.25, 0.3) is 0 Å². The molecule has 0 aromatic heterocycles. The molecular weight excluding hydrogens is 306 g/mol. The largest absolute Gasteiger partial charge is 0.326 e. The van der Waals surface area contributed by atoms with Crippen LogP contribution < -0.4 is 10.2 Å². The molecule has 24 heavy (non-hydrogen) atoms. The summed E-state index contributed by atoms with van der Waals surface area (Å²) in [5.41, 5.74) is 0.593. The fraction of sp³-hybridized carbons (Fsp3) is 0.389. The molecule has 2 N–H and O–H groups in total. The van der Waals surface area contributed by atoms with E-state index >= 15 is 0 Å². The predicted octanol–water partition coefficient (Wildman–Crippen LogP) is -0.389. The van der Waals surface area contributed by atoms with Crippen LogP contribution in [0.3, 0.4) is 0 Å². The number of rotatable bonds is 2. The van der Waals surface area contributed by atoms with Crippen molar-refractivity contribution in [1.29, 1.82) is 0 Å². The molecule has 3 aliphatic heterocycles. The Hall–Kier alpha value is -2.47. The van der Waals surface area contributed by atoms with Gasteiger partial charge in [-0.25, -0.2) is 0 Å². The minimum atomic E-state index is -1.04. The molecule has 4 atom stereocenters. The van der Waals surface area contributed by atoms with Crippen molar-refractivity contribution in [3.05, 3.63) is 42.5 Å². The van der Waals surface area contributed by atoms with Crippen molar-refractivity contribution in [2.75, 3.05) is 18.5 Å². The molecule has 0 bridgehead atoms. The highest BCUT2D eigenvalue weighted by Gasteiger charge is 2.74. The molecule has 0 aliphatic carbocycles. The quantitative estimate of drug-likeness (QED) is 0.594. The van der Waals surface area contributed by atoms with Gasteiger partial charge in [0, 0.05) is 19.2 Å². The maximum absolute atomic E-state index is 13.4. The summed E-state index contributed by atoms with van der Waals surface area (Å²) in [4.78, 5) is 41.6. The fourth-order valence-corrected chi connectivity index (χ4v) is 4.74. The van der Waals surface area contributed by atoms with Crippen LogP contribution in [-0.4, -0.2) is 42.3 Å². The second kappa shape index (κ2) is 4.77. The van der Waals surface area contributed by atoms with Gasteiger partial charge in [-0.1, -0.05) is 24.3 Å². The molecule has 3 aliphatic rings. The van der Waals surface area contributed by atoms with E-state index in [2.05, 4.69) is 6.58 Å². The molecule has 0 saturated carbocycles. The van der Waals surface area contributed by atoms with E-state index in [-0.39, 0.29) is 23.8 Å². The molecule has 3 heterocycles. The van der Waals surface area contributed by atoms with Gasteiger partial charge in [0.05, 0.1) is 11.7 Å². The van der Waals surface area contributed by atoms with Crippen LogP contribution in [0, 0.1) is 11.8 Å². The number of hydrogen-bond donors (Lipinski definition) is 1. The standard InChI is InChI=1S/C18H19N3O3/c1-4-9-21-12-8-6-5-7-11(12)18(17(21)24)14-13(10(2)19-18)15(22)20(3)16(14)23/h4-8,10,13-14,19H,1,9H2,2-3H3/p+1/t10-,13+,14-,18-/m0/s1. The molecule has 0 unspecified atom stereocenters. The van der Waals surface area contributed by atoms with Crippen molar-refractivity contribution < 1.29 is 19.7 Å². The number of benzene rings is 1. The molecule has 1 aromatic carbocycles. The summed E-state index contributed by atoms with van der Waals surface area (Å²) in [6.07, 6.45) is 1.68. The molecule has 2 fully saturated rings. The Morgan fingerprint density at radius 3 is 2.67 bits per heavy atom. The van der Waals surface area contributed by atoms with Gasteiger partial charge in [0.1, 0.15) is 11.8 Å². The molecule has 6 heteroatoms. The van der Waals surface area contributed by atoms with Gasteiger partial charge in [-0.15, -0.1) is 6.58 Å². The van der Waals surface area contributed by atoms with Crippen LogP contribution in [0.4, 0.5) is 5.69 Å². The Bertz CT molecular complexity index is 789. The van der Waals surface area contributed by atoms with Crippen molar-refractivity contribution in [2.24, 2.45) is 11.8 Å². The van der Waals surface area contributed by atoms with Crippen LogP contribution in [0.15, 0.2) is 36.9 Å². The van der Waals surface area contributed by atoms with E-state index in [4.69, 9.17) is 0 Å². The molecule has 2 saturated heterocycles. The van der Waals surface area contributed by atoms with Gasteiger partial charge in [0.15, 0.2) is 0 Å². The van der Waals surface area contributed by atoms with Crippen LogP contribution in [0.5, 0.6) is 0 Å². The first kappa shape index (κ1) is 15.1. The fourth-order valence-electron chi connectivity index (χ4n) is 4.74. The number of nitrogens with two attached hydrogens (primary N) is 1. The molecule has 0 radical (unpaired) electrons. The third-order valence-electron chi connectivity index (χ3n) is 5.71. The van der Waals surface area contributed by atoms with E-state index in [0.29, 0.717) is 6.54 Å². The molecule has 3 amide bonds. The van der Waals surface area contributed by atoms with Crippen LogP contribution >= 0.6 is 0 Å². The van der Waals surface area contributed by atoms with Crippen molar-refractivity contribution in [1.82, 2.24) is 4.90 Å². The Morgan fingerprint density at radius 2 is 1.96 bits per heavy atom. The minimum Gasteiger partial charge on any atom is -0.326 e. The average Bonchev–Trinajstić information content (AvgIpc) is 3.10. The summed E-state index contributed by atoms with van der Waals surface area (Å²) >= 11 is 0. The Morgan fingerprint density at radius 1 is 1.25 bits per heavy atom. The Balaban J connectivity index is 1.95. The molecular formula is C18H20N3O3+. The second-order valence-electron chi connectivity index (χ2n) is 6.86. The number of quaternary nitrogens is 1. The second-order valence-corrected chi connectivity index (χ2v) is 6.86. The Kier molecular flexibility index (Phi) is 3.00. The lowest BCUT2D eigenvalue weighted by Gasteiger charge is -2.26. The van der Waals surface area contributed by atoms with Crippen LogP contribution in [0.1, 0.15) is 12.5 Å². The van der Waals surface area contributed by atoms with Crippen molar-refractivity contribution >= 4 is 23.4 Å². The number of para-hydroxylation sites is 1. The zero-order valence-electron chi connectivity index (χ0n) is 13.7. The lowest BCUT2D eigenvalue weighted by molar-refractivity contribution is -0.730. The van der Waals surface area contributed by atoms with Crippen molar-refractivity contribution in [2.45, 2.75) is 18.5 Å². The highest BCUT2D eigenvalue weighted by Crippen LogP contribution is 2.50. The van der Waals surface area contributed by atoms with Gasteiger partial charge in [0.2, 0.25) is 17.4 Å². The third kappa shape index (κ3) is 1.52. The molecule has 1 spiro atoms. The lowest BCUT2D eigenvalue weighted by Crippen LogP contribution is -2.98.